The summed E-state index contributed by atoms with van der Waals surface area (Å²) in [5, 5.41) is 22.0. The van der Waals surface area contributed by atoms with Gasteiger partial charge in [0, 0.05) is 12.1 Å². The van der Waals surface area contributed by atoms with Crippen molar-refractivity contribution in [2.24, 2.45) is 5.41 Å². The third kappa shape index (κ3) is 2.82. The smallest absolute Gasteiger partial charge is 0.309 e. The average Bonchev–Trinajstić information content (AvgIpc) is 2.38. The number of hydrogen-bond acceptors (Lipinski definition) is 3. The number of fused-ring (bicyclic) bond motifs is 1. The minimum Gasteiger partial charge on any atom is -0.481 e. The van der Waals surface area contributed by atoms with E-state index >= 15 is 0 Å². The molecule has 1 aliphatic heterocycles. The van der Waals surface area contributed by atoms with Crippen molar-refractivity contribution in [2.45, 2.75) is 32.8 Å². The van der Waals surface area contributed by atoms with Crippen molar-refractivity contribution >= 4 is 11.9 Å². The fourth-order valence-corrected chi connectivity index (χ4v) is 2.33. The van der Waals surface area contributed by atoms with Crippen LogP contribution in [0.1, 0.15) is 47.9 Å². The molecule has 2 rings (SSSR count). The number of carboxylic acid groups (broad SMARTS) is 1. The van der Waals surface area contributed by atoms with Gasteiger partial charge in [0.2, 0.25) is 0 Å². The number of nitrogens with one attached hydrogen (secondary N) is 1. The summed E-state index contributed by atoms with van der Waals surface area (Å²) in [5.41, 5.74) is 1.09. The fourth-order valence-electron chi connectivity index (χ4n) is 2.33. The van der Waals surface area contributed by atoms with Crippen LogP contribution in [0.15, 0.2) is 18.2 Å². The standard InChI is InChI=1S/C15H19NO4/c1-15(2,14(19)20)8-12(17)10-4-3-9-5-6-16-13(18)11(9)7-10/h3-4,7,12,17H,5-6,8H2,1-2H3,(H,16,18)(H,19,20). The Morgan fingerprint density at radius 1 is 1.45 bits per heavy atom. The summed E-state index contributed by atoms with van der Waals surface area (Å²) in [6, 6.07) is 5.26. The zero-order valence-corrected chi connectivity index (χ0v) is 11.6. The van der Waals surface area contributed by atoms with E-state index < -0.39 is 17.5 Å². The summed E-state index contributed by atoms with van der Waals surface area (Å²) in [4.78, 5) is 22.9. The Balaban J connectivity index is 2.23. The van der Waals surface area contributed by atoms with E-state index in [4.69, 9.17) is 5.11 Å². The first-order valence-electron chi connectivity index (χ1n) is 6.64. The zero-order valence-electron chi connectivity index (χ0n) is 11.6. The molecule has 5 nitrogen and oxygen atoms in total. The lowest BCUT2D eigenvalue weighted by Crippen LogP contribution is -2.32. The molecule has 0 saturated heterocycles. The molecule has 0 bridgehead atoms. The molecule has 0 radical (unpaired) electrons. The third-order valence-electron chi connectivity index (χ3n) is 3.73. The molecule has 1 unspecified atom stereocenters. The largest absolute Gasteiger partial charge is 0.481 e. The second-order valence-electron chi connectivity index (χ2n) is 5.83. The molecule has 1 aromatic rings. The second-order valence-corrected chi connectivity index (χ2v) is 5.83. The summed E-state index contributed by atoms with van der Waals surface area (Å²) < 4.78 is 0. The average molecular weight is 277 g/mol. The number of benzene rings is 1. The van der Waals surface area contributed by atoms with Crippen molar-refractivity contribution in [2.75, 3.05) is 6.54 Å². The molecule has 5 heteroatoms. The van der Waals surface area contributed by atoms with Crippen molar-refractivity contribution in [3.8, 4) is 0 Å². The molecule has 0 spiro atoms. The summed E-state index contributed by atoms with van der Waals surface area (Å²) in [5.74, 6) is -1.09. The summed E-state index contributed by atoms with van der Waals surface area (Å²) in [6.07, 6.45) is -0.0259. The molecule has 0 fully saturated rings. The van der Waals surface area contributed by atoms with Crippen LogP contribution in [-0.2, 0) is 11.2 Å². The summed E-state index contributed by atoms with van der Waals surface area (Å²) >= 11 is 0. The van der Waals surface area contributed by atoms with Crippen LogP contribution in [0.4, 0.5) is 0 Å². The van der Waals surface area contributed by atoms with Crippen LogP contribution in [-0.4, -0.2) is 28.6 Å². The van der Waals surface area contributed by atoms with Gasteiger partial charge < -0.3 is 15.5 Å². The molecule has 1 atom stereocenters. The maximum atomic E-state index is 11.8. The number of carbonyl (C=O) groups is 2. The fraction of sp³-hybridized carbons (Fsp3) is 0.467. The Bertz CT molecular complexity index is 551. The van der Waals surface area contributed by atoms with E-state index in [2.05, 4.69) is 5.32 Å². The van der Waals surface area contributed by atoms with Crippen molar-refractivity contribution in [1.29, 1.82) is 0 Å². The number of carbonyl (C=O) groups excluding carboxylic acids is 1. The van der Waals surface area contributed by atoms with Gasteiger partial charge in [0.1, 0.15) is 0 Å². The molecule has 20 heavy (non-hydrogen) atoms. The number of aliphatic carboxylic acids is 1. The van der Waals surface area contributed by atoms with Gasteiger partial charge >= 0.3 is 5.97 Å². The van der Waals surface area contributed by atoms with E-state index in [9.17, 15) is 14.7 Å². The van der Waals surface area contributed by atoms with Gasteiger partial charge in [-0.25, -0.2) is 0 Å². The number of carboxylic acids is 1. The second kappa shape index (κ2) is 5.25. The van der Waals surface area contributed by atoms with E-state index in [1.807, 2.05) is 6.07 Å². The lowest BCUT2D eigenvalue weighted by atomic mass is 9.84. The highest BCUT2D eigenvalue weighted by Crippen LogP contribution is 2.31. The molecule has 0 aliphatic carbocycles. The Kier molecular flexibility index (Phi) is 3.81. The Hall–Kier alpha value is -1.88. The van der Waals surface area contributed by atoms with Gasteiger partial charge in [0.25, 0.3) is 5.91 Å². The first-order chi connectivity index (χ1) is 9.31. The van der Waals surface area contributed by atoms with Crippen LogP contribution in [0, 0.1) is 5.41 Å². The van der Waals surface area contributed by atoms with Gasteiger partial charge in [-0.15, -0.1) is 0 Å². The maximum Gasteiger partial charge on any atom is 0.309 e. The van der Waals surface area contributed by atoms with Gasteiger partial charge in [0.15, 0.2) is 0 Å². The zero-order chi connectivity index (χ0) is 14.9. The van der Waals surface area contributed by atoms with Gasteiger partial charge in [-0.3, -0.25) is 9.59 Å². The highest BCUT2D eigenvalue weighted by molar-refractivity contribution is 5.96. The number of aliphatic hydroxyl groups excluding tert-OH is 1. The van der Waals surface area contributed by atoms with Crippen molar-refractivity contribution < 1.29 is 19.8 Å². The Labute approximate surface area is 117 Å². The molecule has 1 amide bonds. The SMILES string of the molecule is CC(C)(CC(O)c1ccc2c(c1)C(=O)NCC2)C(=O)O. The van der Waals surface area contributed by atoms with E-state index in [0.29, 0.717) is 17.7 Å². The lowest BCUT2D eigenvalue weighted by molar-refractivity contribution is -0.148. The maximum absolute atomic E-state index is 11.8. The summed E-state index contributed by atoms with van der Waals surface area (Å²) in [7, 11) is 0. The topological polar surface area (TPSA) is 86.6 Å². The van der Waals surface area contributed by atoms with Crippen LogP contribution in [0.2, 0.25) is 0 Å². The van der Waals surface area contributed by atoms with E-state index in [1.54, 1.807) is 26.0 Å². The predicted molar refractivity (Wildman–Crippen MR) is 73.5 cm³/mol. The molecule has 0 saturated carbocycles. The third-order valence-corrected chi connectivity index (χ3v) is 3.73. The number of hydrogen-bond donors (Lipinski definition) is 3. The molecule has 3 N–H and O–H groups in total. The Morgan fingerprint density at radius 3 is 2.80 bits per heavy atom. The van der Waals surface area contributed by atoms with E-state index in [1.165, 1.54) is 0 Å². The molecule has 0 aromatic heterocycles. The van der Waals surface area contributed by atoms with Gasteiger partial charge in [0.05, 0.1) is 11.5 Å². The highest BCUT2D eigenvalue weighted by atomic mass is 16.4. The molecular formula is C15H19NO4. The van der Waals surface area contributed by atoms with Crippen LogP contribution >= 0.6 is 0 Å². The molecule has 1 aromatic carbocycles. The lowest BCUT2D eigenvalue weighted by Gasteiger charge is -2.24. The first-order valence-corrected chi connectivity index (χ1v) is 6.64. The van der Waals surface area contributed by atoms with Gasteiger partial charge in [-0.1, -0.05) is 12.1 Å². The number of aliphatic hydroxyl groups is 1. The van der Waals surface area contributed by atoms with Crippen molar-refractivity contribution in [3.63, 3.8) is 0 Å². The molecule has 108 valence electrons. The predicted octanol–water partition coefficient (Wildman–Crippen LogP) is 1.51. The van der Waals surface area contributed by atoms with Crippen LogP contribution in [0.3, 0.4) is 0 Å². The van der Waals surface area contributed by atoms with Gasteiger partial charge in [-0.05, 0) is 43.9 Å². The van der Waals surface area contributed by atoms with Crippen molar-refractivity contribution in [1.82, 2.24) is 5.32 Å². The number of amides is 1. The summed E-state index contributed by atoms with van der Waals surface area (Å²) in [6.45, 7) is 3.77. The van der Waals surface area contributed by atoms with Crippen LogP contribution in [0.25, 0.3) is 0 Å². The van der Waals surface area contributed by atoms with Gasteiger partial charge in [-0.2, -0.15) is 0 Å². The highest BCUT2D eigenvalue weighted by Gasteiger charge is 2.31. The van der Waals surface area contributed by atoms with Crippen LogP contribution < -0.4 is 5.32 Å². The minimum atomic E-state index is -1.02. The minimum absolute atomic E-state index is 0.0999. The van der Waals surface area contributed by atoms with Crippen molar-refractivity contribution in [3.05, 3.63) is 34.9 Å². The van der Waals surface area contributed by atoms with E-state index in [-0.39, 0.29) is 12.3 Å². The molecule has 1 aliphatic rings. The quantitative estimate of drug-likeness (QED) is 0.778. The first kappa shape index (κ1) is 14.5. The van der Waals surface area contributed by atoms with E-state index in [0.717, 1.165) is 12.0 Å². The Morgan fingerprint density at radius 2 is 2.15 bits per heavy atom. The molecular weight excluding hydrogens is 258 g/mol. The number of rotatable bonds is 4. The monoisotopic (exact) mass is 277 g/mol. The normalized spacial score (nSPS) is 16.2. The molecule has 1 heterocycles. The van der Waals surface area contributed by atoms with Crippen LogP contribution in [0.5, 0.6) is 0 Å².